The summed E-state index contributed by atoms with van der Waals surface area (Å²) < 4.78 is 2.21. The van der Waals surface area contributed by atoms with E-state index in [1.54, 1.807) is 0 Å². The van der Waals surface area contributed by atoms with Gasteiger partial charge in [-0.15, -0.1) is 0 Å². The van der Waals surface area contributed by atoms with Crippen molar-refractivity contribution in [1.82, 2.24) is 4.57 Å². The number of hydrogen-bond donors (Lipinski definition) is 0. The fraction of sp³-hybridized carbons (Fsp3) is 0.0435. The molecule has 0 radical (unpaired) electrons. The molecular weight excluding hydrogens is 290 g/mol. The van der Waals surface area contributed by atoms with Gasteiger partial charge < -0.3 is 4.57 Å². The van der Waals surface area contributed by atoms with Crippen molar-refractivity contribution in [1.29, 1.82) is 0 Å². The van der Waals surface area contributed by atoms with E-state index in [0.717, 1.165) is 0 Å². The van der Waals surface area contributed by atoms with Gasteiger partial charge in [0.2, 0.25) is 0 Å². The van der Waals surface area contributed by atoms with E-state index in [1.165, 1.54) is 33.5 Å². The van der Waals surface area contributed by atoms with E-state index in [4.69, 9.17) is 0 Å². The summed E-state index contributed by atoms with van der Waals surface area (Å²) in [5.41, 5.74) is 7.45. The Kier molecular flexibility index (Phi) is 3.76. The third-order valence-electron chi connectivity index (χ3n) is 4.33. The first-order chi connectivity index (χ1) is 11.8. The molecule has 1 heterocycles. The first-order valence-electron chi connectivity index (χ1n) is 8.21. The van der Waals surface area contributed by atoms with Gasteiger partial charge in [-0.05, 0) is 30.2 Å². The third-order valence-corrected chi connectivity index (χ3v) is 4.33. The van der Waals surface area contributed by atoms with Crippen molar-refractivity contribution in [3.63, 3.8) is 0 Å². The Morgan fingerprint density at radius 1 is 0.542 bits per heavy atom. The fourth-order valence-corrected chi connectivity index (χ4v) is 3.01. The monoisotopic (exact) mass is 309 g/mol. The molecule has 0 aliphatic heterocycles. The molecule has 0 fully saturated rings. The molecule has 0 atom stereocenters. The van der Waals surface area contributed by atoms with Crippen LogP contribution in [0.25, 0.3) is 27.9 Å². The van der Waals surface area contributed by atoms with Crippen LogP contribution in [0.5, 0.6) is 0 Å². The second-order valence-corrected chi connectivity index (χ2v) is 6.06. The molecule has 4 aromatic rings. The highest BCUT2D eigenvalue weighted by atomic mass is 14.9. The van der Waals surface area contributed by atoms with Crippen LogP contribution in [0, 0.1) is 6.92 Å². The predicted molar refractivity (Wildman–Crippen MR) is 101 cm³/mol. The summed E-state index contributed by atoms with van der Waals surface area (Å²) in [5, 5.41) is 0. The maximum absolute atomic E-state index is 2.22. The van der Waals surface area contributed by atoms with Crippen molar-refractivity contribution in [3.05, 3.63) is 103 Å². The Balaban J connectivity index is 1.90. The summed E-state index contributed by atoms with van der Waals surface area (Å²) >= 11 is 0. The largest absolute Gasteiger partial charge is 0.323 e. The van der Waals surface area contributed by atoms with Crippen LogP contribution in [0.2, 0.25) is 0 Å². The molecule has 1 aromatic heterocycles. The van der Waals surface area contributed by atoms with Gasteiger partial charge in [0.1, 0.15) is 0 Å². The Morgan fingerprint density at radius 3 is 1.62 bits per heavy atom. The average Bonchev–Trinajstić information content (AvgIpc) is 3.09. The maximum atomic E-state index is 2.22. The Morgan fingerprint density at radius 2 is 1.04 bits per heavy atom. The van der Waals surface area contributed by atoms with Crippen LogP contribution in [0.15, 0.2) is 97.3 Å². The second-order valence-electron chi connectivity index (χ2n) is 6.06. The molecular formula is C23H19N. The minimum atomic E-state index is 1.17. The zero-order valence-corrected chi connectivity index (χ0v) is 13.7. The molecule has 0 saturated carbocycles. The zero-order chi connectivity index (χ0) is 16.4. The molecule has 0 spiro atoms. The van der Waals surface area contributed by atoms with Gasteiger partial charge >= 0.3 is 0 Å². The van der Waals surface area contributed by atoms with Crippen LogP contribution in [0.4, 0.5) is 0 Å². The molecule has 0 amide bonds. The lowest BCUT2D eigenvalue weighted by atomic mass is 9.99. The van der Waals surface area contributed by atoms with Crippen molar-refractivity contribution in [2.24, 2.45) is 0 Å². The SMILES string of the molecule is Cc1ccc(-c2cn(-c3ccccc3)cc2-c2ccccc2)cc1. The molecule has 1 heteroatoms. The summed E-state index contributed by atoms with van der Waals surface area (Å²) in [5.74, 6) is 0. The molecule has 24 heavy (non-hydrogen) atoms. The van der Waals surface area contributed by atoms with Crippen LogP contribution in [0.1, 0.15) is 5.56 Å². The highest BCUT2D eigenvalue weighted by Gasteiger charge is 2.11. The number of aryl methyl sites for hydroxylation is 1. The zero-order valence-electron chi connectivity index (χ0n) is 13.7. The van der Waals surface area contributed by atoms with Crippen molar-refractivity contribution in [2.45, 2.75) is 6.92 Å². The predicted octanol–water partition coefficient (Wildman–Crippen LogP) is 6.12. The Bertz CT molecular complexity index is 933. The van der Waals surface area contributed by atoms with E-state index >= 15 is 0 Å². The van der Waals surface area contributed by atoms with E-state index < -0.39 is 0 Å². The van der Waals surface area contributed by atoms with Crippen LogP contribution in [0.3, 0.4) is 0 Å². The van der Waals surface area contributed by atoms with Gasteiger partial charge in [0.25, 0.3) is 0 Å². The number of benzene rings is 3. The number of rotatable bonds is 3. The molecule has 3 aromatic carbocycles. The molecule has 0 bridgehead atoms. The van der Waals surface area contributed by atoms with Crippen LogP contribution in [-0.4, -0.2) is 4.57 Å². The van der Waals surface area contributed by atoms with Crippen molar-refractivity contribution in [3.8, 4) is 27.9 Å². The summed E-state index contributed by atoms with van der Waals surface area (Å²) in [6.07, 6.45) is 4.45. The van der Waals surface area contributed by atoms with Gasteiger partial charge in [-0.1, -0.05) is 78.4 Å². The molecule has 0 aliphatic rings. The second kappa shape index (κ2) is 6.21. The summed E-state index contributed by atoms with van der Waals surface area (Å²) in [4.78, 5) is 0. The average molecular weight is 309 g/mol. The highest BCUT2D eigenvalue weighted by Crippen LogP contribution is 2.34. The van der Waals surface area contributed by atoms with Crippen LogP contribution >= 0.6 is 0 Å². The van der Waals surface area contributed by atoms with Gasteiger partial charge in [0, 0.05) is 29.2 Å². The first-order valence-corrected chi connectivity index (χ1v) is 8.21. The molecule has 116 valence electrons. The summed E-state index contributed by atoms with van der Waals surface area (Å²) in [6.45, 7) is 2.12. The normalized spacial score (nSPS) is 10.7. The van der Waals surface area contributed by atoms with Gasteiger partial charge in [-0.25, -0.2) is 0 Å². The standard InChI is InChI=1S/C23H19N/c1-18-12-14-20(15-13-18)23-17-24(21-10-6-3-7-11-21)16-22(23)19-8-4-2-5-9-19/h2-17H,1H3. The Hall–Kier alpha value is -3.06. The van der Waals surface area contributed by atoms with E-state index in [1.807, 2.05) is 6.07 Å². The molecule has 0 aliphatic carbocycles. The quantitative estimate of drug-likeness (QED) is 0.429. The smallest absolute Gasteiger partial charge is 0.0449 e. The summed E-state index contributed by atoms with van der Waals surface area (Å²) in [6, 6.07) is 29.8. The van der Waals surface area contributed by atoms with Crippen LogP contribution < -0.4 is 0 Å². The van der Waals surface area contributed by atoms with Crippen molar-refractivity contribution < 1.29 is 0 Å². The molecule has 0 saturated heterocycles. The van der Waals surface area contributed by atoms with Gasteiger partial charge in [-0.3, -0.25) is 0 Å². The lowest BCUT2D eigenvalue weighted by molar-refractivity contribution is 1.08. The van der Waals surface area contributed by atoms with E-state index in [0.29, 0.717) is 0 Å². The number of nitrogens with zero attached hydrogens (tertiary/aromatic N) is 1. The van der Waals surface area contributed by atoms with E-state index in [9.17, 15) is 0 Å². The Labute approximate surface area is 142 Å². The number of para-hydroxylation sites is 1. The minimum Gasteiger partial charge on any atom is -0.323 e. The van der Waals surface area contributed by atoms with Gasteiger partial charge in [0.05, 0.1) is 0 Å². The molecule has 0 N–H and O–H groups in total. The number of aromatic nitrogens is 1. The minimum absolute atomic E-state index is 1.17. The van der Waals surface area contributed by atoms with Gasteiger partial charge in [-0.2, -0.15) is 0 Å². The molecule has 1 nitrogen and oxygen atoms in total. The highest BCUT2D eigenvalue weighted by molar-refractivity contribution is 5.83. The number of hydrogen-bond acceptors (Lipinski definition) is 0. The molecule has 0 unspecified atom stereocenters. The third kappa shape index (κ3) is 2.77. The molecule has 4 rings (SSSR count). The topological polar surface area (TPSA) is 4.93 Å². The fourth-order valence-electron chi connectivity index (χ4n) is 3.01. The lowest BCUT2D eigenvalue weighted by Gasteiger charge is -2.04. The van der Waals surface area contributed by atoms with Crippen molar-refractivity contribution in [2.75, 3.05) is 0 Å². The van der Waals surface area contributed by atoms with Crippen LogP contribution in [-0.2, 0) is 0 Å². The van der Waals surface area contributed by atoms with E-state index in [-0.39, 0.29) is 0 Å². The van der Waals surface area contributed by atoms with E-state index in [2.05, 4.69) is 103 Å². The lowest BCUT2D eigenvalue weighted by Crippen LogP contribution is -1.87. The van der Waals surface area contributed by atoms with Crippen molar-refractivity contribution >= 4 is 0 Å². The van der Waals surface area contributed by atoms with Gasteiger partial charge in [0.15, 0.2) is 0 Å². The summed E-state index contributed by atoms with van der Waals surface area (Å²) in [7, 11) is 0. The maximum Gasteiger partial charge on any atom is 0.0449 e. The first kappa shape index (κ1) is 14.5.